The van der Waals surface area contributed by atoms with E-state index < -0.39 is 17.7 Å². The Kier molecular flexibility index (Phi) is 5.67. The van der Waals surface area contributed by atoms with Gasteiger partial charge in [0.2, 0.25) is 5.13 Å². The quantitative estimate of drug-likeness (QED) is 0.358. The SMILES string of the molecule is COc1ccc(C2/C(=C(\O)c3ccc(C)cc3)C(=O)C(=O)N2c2nnc(C)s2)cc1OC. The second kappa shape index (κ2) is 8.43. The predicted molar refractivity (Wildman–Crippen MR) is 120 cm³/mol. The van der Waals surface area contributed by atoms with E-state index in [0.29, 0.717) is 27.6 Å². The molecule has 4 rings (SSSR count). The summed E-state index contributed by atoms with van der Waals surface area (Å²) in [5, 5.41) is 20.1. The summed E-state index contributed by atoms with van der Waals surface area (Å²) in [6, 6.07) is 11.2. The maximum atomic E-state index is 13.1. The van der Waals surface area contributed by atoms with Crippen molar-refractivity contribution in [3.05, 3.63) is 69.7 Å². The molecule has 32 heavy (non-hydrogen) atoms. The van der Waals surface area contributed by atoms with Crippen LogP contribution in [0.2, 0.25) is 0 Å². The lowest BCUT2D eigenvalue weighted by Gasteiger charge is -2.23. The molecule has 8 nitrogen and oxygen atoms in total. The van der Waals surface area contributed by atoms with Gasteiger partial charge in [0.05, 0.1) is 25.8 Å². The first kappa shape index (κ1) is 21.5. The zero-order valence-corrected chi connectivity index (χ0v) is 18.8. The van der Waals surface area contributed by atoms with Crippen molar-refractivity contribution in [3.8, 4) is 11.5 Å². The van der Waals surface area contributed by atoms with E-state index in [0.717, 1.165) is 5.56 Å². The first-order valence-electron chi connectivity index (χ1n) is 9.75. The second-order valence-corrected chi connectivity index (χ2v) is 8.41. The summed E-state index contributed by atoms with van der Waals surface area (Å²) in [4.78, 5) is 27.5. The Balaban J connectivity index is 1.95. The number of Topliss-reactive ketones (excluding diaryl/α,β-unsaturated/α-hetero) is 1. The van der Waals surface area contributed by atoms with Crippen LogP contribution in [0.4, 0.5) is 5.13 Å². The number of benzene rings is 2. The number of methoxy groups -OCH3 is 2. The monoisotopic (exact) mass is 451 g/mol. The van der Waals surface area contributed by atoms with Crippen molar-refractivity contribution in [3.63, 3.8) is 0 Å². The Labute approximate surface area is 188 Å². The lowest BCUT2D eigenvalue weighted by atomic mass is 9.95. The Bertz CT molecular complexity index is 1230. The first-order valence-corrected chi connectivity index (χ1v) is 10.6. The minimum atomic E-state index is -0.913. The molecule has 0 saturated carbocycles. The molecule has 1 N–H and O–H groups in total. The van der Waals surface area contributed by atoms with E-state index in [9.17, 15) is 14.7 Å². The summed E-state index contributed by atoms with van der Waals surface area (Å²) in [6.07, 6.45) is 0. The van der Waals surface area contributed by atoms with Gasteiger partial charge in [-0.15, -0.1) is 10.2 Å². The van der Waals surface area contributed by atoms with Crippen molar-refractivity contribution in [2.75, 3.05) is 19.1 Å². The lowest BCUT2D eigenvalue weighted by molar-refractivity contribution is -0.132. The number of amides is 1. The van der Waals surface area contributed by atoms with Gasteiger partial charge >= 0.3 is 5.91 Å². The third kappa shape index (κ3) is 3.60. The fourth-order valence-corrected chi connectivity index (χ4v) is 4.33. The molecule has 2 aromatic carbocycles. The lowest BCUT2D eigenvalue weighted by Crippen LogP contribution is -2.29. The average molecular weight is 452 g/mol. The molecule has 1 amide bonds. The van der Waals surface area contributed by atoms with Gasteiger partial charge in [-0.2, -0.15) is 0 Å². The largest absolute Gasteiger partial charge is 0.507 e. The van der Waals surface area contributed by atoms with Gasteiger partial charge in [-0.05, 0) is 31.5 Å². The highest BCUT2D eigenvalue weighted by molar-refractivity contribution is 7.15. The van der Waals surface area contributed by atoms with Gasteiger partial charge in [0.1, 0.15) is 10.8 Å². The molecular formula is C23H21N3O5S. The van der Waals surface area contributed by atoms with Crippen LogP contribution >= 0.6 is 11.3 Å². The fraction of sp³-hybridized carbons (Fsp3) is 0.217. The van der Waals surface area contributed by atoms with E-state index in [1.165, 1.54) is 30.5 Å². The molecule has 1 fully saturated rings. The Morgan fingerprint density at radius 1 is 1.00 bits per heavy atom. The molecule has 0 bridgehead atoms. The third-order valence-electron chi connectivity index (χ3n) is 5.21. The van der Waals surface area contributed by atoms with Crippen molar-refractivity contribution >= 4 is 33.9 Å². The highest BCUT2D eigenvalue weighted by Gasteiger charge is 2.48. The van der Waals surface area contributed by atoms with Crippen molar-refractivity contribution in [1.82, 2.24) is 10.2 Å². The number of aliphatic hydroxyl groups excluding tert-OH is 1. The minimum Gasteiger partial charge on any atom is -0.507 e. The van der Waals surface area contributed by atoms with E-state index in [4.69, 9.17) is 9.47 Å². The van der Waals surface area contributed by atoms with Crippen LogP contribution in [0.1, 0.15) is 27.7 Å². The number of hydrogen-bond donors (Lipinski definition) is 1. The summed E-state index contributed by atoms with van der Waals surface area (Å²) in [7, 11) is 3.02. The number of aromatic nitrogens is 2. The standard InChI is InChI=1S/C23H21N3O5S/c1-12-5-7-14(8-6-12)20(27)18-19(15-9-10-16(30-3)17(11-15)31-4)26(22(29)21(18)28)23-25-24-13(2)32-23/h5-11,19,27H,1-4H3/b20-18+. The Morgan fingerprint density at radius 2 is 1.69 bits per heavy atom. The fourth-order valence-electron chi connectivity index (χ4n) is 3.62. The molecule has 1 saturated heterocycles. The number of rotatable bonds is 5. The number of aliphatic hydroxyl groups is 1. The number of anilines is 1. The number of ketones is 1. The summed E-state index contributed by atoms with van der Waals surface area (Å²) >= 11 is 1.19. The maximum absolute atomic E-state index is 13.1. The van der Waals surface area contributed by atoms with Gasteiger partial charge in [0, 0.05) is 5.56 Å². The zero-order valence-electron chi connectivity index (χ0n) is 17.9. The number of carbonyl (C=O) groups is 2. The molecule has 1 aliphatic heterocycles. The van der Waals surface area contributed by atoms with Crippen molar-refractivity contribution in [1.29, 1.82) is 0 Å². The summed E-state index contributed by atoms with van der Waals surface area (Å²) < 4.78 is 10.7. The molecule has 1 aliphatic rings. The number of ether oxygens (including phenoxy) is 2. The van der Waals surface area contributed by atoms with Gasteiger partial charge in [0.15, 0.2) is 11.5 Å². The van der Waals surface area contributed by atoms with E-state index in [2.05, 4.69) is 10.2 Å². The van der Waals surface area contributed by atoms with E-state index in [1.807, 2.05) is 19.1 Å². The molecule has 1 aromatic heterocycles. The predicted octanol–water partition coefficient (Wildman–Crippen LogP) is 3.80. The molecule has 3 aromatic rings. The minimum absolute atomic E-state index is 0.0288. The highest BCUT2D eigenvalue weighted by atomic mass is 32.1. The summed E-state index contributed by atoms with van der Waals surface area (Å²) in [5.74, 6) is -0.907. The summed E-state index contributed by atoms with van der Waals surface area (Å²) in [5.41, 5.74) is 1.97. The maximum Gasteiger partial charge on any atom is 0.301 e. The van der Waals surface area contributed by atoms with Gasteiger partial charge in [-0.1, -0.05) is 47.2 Å². The van der Waals surface area contributed by atoms with Crippen LogP contribution < -0.4 is 14.4 Å². The van der Waals surface area contributed by atoms with Crippen LogP contribution in [0.15, 0.2) is 48.0 Å². The van der Waals surface area contributed by atoms with Crippen molar-refractivity contribution in [2.24, 2.45) is 0 Å². The van der Waals surface area contributed by atoms with Gasteiger partial charge < -0.3 is 14.6 Å². The van der Waals surface area contributed by atoms with Crippen LogP contribution in [-0.4, -0.2) is 41.2 Å². The molecule has 1 unspecified atom stereocenters. The molecular weight excluding hydrogens is 430 g/mol. The number of carbonyl (C=O) groups excluding carboxylic acids is 2. The van der Waals surface area contributed by atoms with Gasteiger partial charge in [-0.25, -0.2) is 0 Å². The normalized spacial score (nSPS) is 17.6. The number of nitrogens with zero attached hydrogens (tertiary/aromatic N) is 3. The van der Waals surface area contributed by atoms with E-state index in [-0.39, 0.29) is 16.5 Å². The number of aryl methyl sites for hydroxylation is 2. The third-order valence-corrected chi connectivity index (χ3v) is 6.05. The smallest absolute Gasteiger partial charge is 0.301 e. The number of hydrogen-bond acceptors (Lipinski definition) is 8. The summed E-state index contributed by atoms with van der Waals surface area (Å²) in [6.45, 7) is 3.68. The van der Waals surface area contributed by atoms with Crippen LogP contribution in [0, 0.1) is 13.8 Å². The van der Waals surface area contributed by atoms with Crippen LogP contribution in [-0.2, 0) is 9.59 Å². The molecule has 2 heterocycles. The Morgan fingerprint density at radius 3 is 2.28 bits per heavy atom. The van der Waals surface area contributed by atoms with Crippen LogP contribution in [0.5, 0.6) is 11.5 Å². The van der Waals surface area contributed by atoms with Gasteiger partial charge in [0.25, 0.3) is 5.78 Å². The van der Waals surface area contributed by atoms with E-state index in [1.54, 1.807) is 37.3 Å². The molecule has 164 valence electrons. The average Bonchev–Trinajstić information content (AvgIpc) is 3.34. The topological polar surface area (TPSA) is 102 Å². The van der Waals surface area contributed by atoms with Gasteiger partial charge in [-0.3, -0.25) is 14.5 Å². The zero-order chi connectivity index (χ0) is 23.0. The molecule has 1 atom stereocenters. The molecule has 0 aliphatic carbocycles. The second-order valence-electron chi connectivity index (χ2n) is 7.25. The molecule has 0 radical (unpaired) electrons. The molecule has 0 spiro atoms. The van der Waals surface area contributed by atoms with E-state index >= 15 is 0 Å². The van der Waals surface area contributed by atoms with Crippen molar-refractivity contribution < 1.29 is 24.2 Å². The molecule has 9 heteroatoms. The highest BCUT2D eigenvalue weighted by Crippen LogP contribution is 2.44. The van der Waals surface area contributed by atoms with Crippen LogP contribution in [0.3, 0.4) is 0 Å². The van der Waals surface area contributed by atoms with Crippen molar-refractivity contribution in [2.45, 2.75) is 19.9 Å². The van der Waals surface area contributed by atoms with Crippen LogP contribution in [0.25, 0.3) is 5.76 Å². The first-order chi connectivity index (χ1) is 15.3. The Hall–Kier alpha value is -3.72.